The molecular formula is C64H98ClN13O14S2. The lowest BCUT2D eigenvalue weighted by Crippen LogP contribution is -2.67. The van der Waals surface area contributed by atoms with Gasteiger partial charge in [0.05, 0.1) is 40.8 Å². The van der Waals surface area contributed by atoms with Crippen LogP contribution in [0.2, 0.25) is 5.02 Å². The van der Waals surface area contributed by atoms with Gasteiger partial charge in [0, 0.05) is 165 Å². The fourth-order valence-electron chi connectivity index (χ4n) is 12.0. The van der Waals surface area contributed by atoms with Crippen molar-refractivity contribution in [3.05, 3.63) is 58.6 Å². The summed E-state index contributed by atoms with van der Waals surface area (Å²) >= 11 is 6.24. The Morgan fingerprint density at radius 1 is 0.766 bits per heavy atom. The minimum absolute atomic E-state index is 0.0171. The first-order valence-corrected chi connectivity index (χ1v) is 35.5. The molecule has 5 fully saturated rings. The van der Waals surface area contributed by atoms with Gasteiger partial charge in [-0.2, -0.15) is 0 Å². The van der Waals surface area contributed by atoms with Crippen LogP contribution < -0.4 is 64.2 Å². The lowest BCUT2D eigenvalue weighted by atomic mass is 9.90. The van der Waals surface area contributed by atoms with E-state index >= 15 is 4.79 Å². The van der Waals surface area contributed by atoms with E-state index in [1.165, 1.54) is 41.1 Å². The van der Waals surface area contributed by atoms with E-state index in [1.54, 1.807) is 19.1 Å². The summed E-state index contributed by atoms with van der Waals surface area (Å²) in [6.45, 7) is 11.6. The topological polar surface area (TPSA) is 413 Å². The number of aliphatic hydroxyl groups is 1. The smallest absolute Gasteiger partial charge is 0.303 e. The summed E-state index contributed by atoms with van der Waals surface area (Å²) < 4.78 is 0. The number of aliphatic carboxylic acids is 1. The highest BCUT2D eigenvalue weighted by atomic mass is 35.5. The van der Waals surface area contributed by atoms with Crippen LogP contribution in [0, 0.1) is 23.7 Å². The number of carboxylic acid groups (broad SMARTS) is 1. The SMILES string of the molecule is CC(C)C[C@@H]1CC(=O)CNC(=O)[C@H](Cc2ccc(O)c(Cl)c2)CC(=O)[C@@H]2C[C@@H](O)CN2C(=O)[C@@H](NC(=O)[C@@H](CCC(=O)O)CC(=O)[C@H](Cc2ccc(O)cc2)NC(=O)CCCC(=O)N[C@]23CNCCNC[C@](N)(CNCCNC2)CNCCNC3)CSSC[C@@H](C)NC1=O. The first-order valence-electron chi connectivity index (χ1n) is 32.6. The Morgan fingerprint density at radius 3 is 1.97 bits per heavy atom. The van der Waals surface area contributed by atoms with Crippen molar-refractivity contribution < 1.29 is 68.4 Å². The maximum atomic E-state index is 15.0. The van der Waals surface area contributed by atoms with Crippen molar-refractivity contribution in [1.29, 1.82) is 0 Å². The lowest BCUT2D eigenvalue weighted by Gasteiger charge is -2.37. The fourth-order valence-corrected chi connectivity index (χ4v) is 14.7. The van der Waals surface area contributed by atoms with Gasteiger partial charge >= 0.3 is 5.97 Å². The molecule has 0 aromatic heterocycles. The van der Waals surface area contributed by atoms with Crippen LogP contribution in [-0.2, 0) is 60.8 Å². The van der Waals surface area contributed by atoms with Crippen molar-refractivity contribution in [3.8, 4) is 11.5 Å². The first kappa shape index (κ1) is 77.0. The maximum absolute atomic E-state index is 15.0. The number of hydrogen-bond acceptors (Lipinski definition) is 22. The summed E-state index contributed by atoms with van der Waals surface area (Å²) in [5, 5.41) is 76.5. The number of benzene rings is 2. The molecule has 0 saturated carbocycles. The minimum atomic E-state index is -1.45. The van der Waals surface area contributed by atoms with Gasteiger partial charge in [-0.25, -0.2) is 0 Å². The van der Waals surface area contributed by atoms with Crippen LogP contribution >= 0.6 is 33.2 Å². The van der Waals surface area contributed by atoms with E-state index in [9.17, 15) is 63.6 Å². The van der Waals surface area contributed by atoms with Gasteiger partial charge in [0.25, 0.3) is 0 Å². The van der Waals surface area contributed by atoms with E-state index < -0.39 is 132 Å². The molecule has 5 aliphatic heterocycles. The first-order chi connectivity index (χ1) is 44.8. The number of carboxylic acids is 1. The Bertz CT molecular complexity index is 2860. The van der Waals surface area contributed by atoms with Crippen molar-refractivity contribution in [2.75, 3.05) is 103 Å². The van der Waals surface area contributed by atoms with Gasteiger partial charge in [0.15, 0.2) is 17.3 Å². The quantitative estimate of drug-likeness (QED) is 0.0737. The summed E-state index contributed by atoms with van der Waals surface area (Å²) in [5.41, 5.74) is 6.48. The molecule has 0 unspecified atom stereocenters. The van der Waals surface area contributed by atoms with Crippen LogP contribution in [0.3, 0.4) is 0 Å². The third-order valence-corrected chi connectivity index (χ3v) is 19.9. The summed E-state index contributed by atoms with van der Waals surface area (Å²) in [5.74, 6) is -10.0. The molecule has 5 aliphatic rings. The number of nitrogens with one attached hydrogen (secondary N) is 11. The predicted octanol–water partition coefficient (Wildman–Crippen LogP) is -0.592. The molecule has 17 N–H and O–H groups in total. The monoisotopic (exact) mass is 1370 g/mol. The molecule has 94 heavy (non-hydrogen) atoms. The molecular weight excluding hydrogens is 1270 g/mol. The number of nitrogens with two attached hydrogens (primary N) is 1. The van der Waals surface area contributed by atoms with Gasteiger partial charge in [-0.15, -0.1) is 0 Å². The third kappa shape index (κ3) is 26.2. The number of carbonyl (C=O) groups excluding carboxylic acids is 9. The number of amides is 6. The van der Waals surface area contributed by atoms with Gasteiger partial charge < -0.3 is 89.5 Å². The van der Waals surface area contributed by atoms with Crippen LogP contribution in [0.4, 0.5) is 0 Å². The number of Topliss-reactive ketones (excluding diaryl/α,β-unsaturated/α-hetero) is 3. The summed E-state index contributed by atoms with van der Waals surface area (Å²) in [7, 11) is 2.41. The van der Waals surface area contributed by atoms with Crippen LogP contribution in [0.15, 0.2) is 42.5 Å². The van der Waals surface area contributed by atoms with Gasteiger partial charge in [0.2, 0.25) is 35.4 Å². The minimum Gasteiger partial charge on any atom is -0.508 e. The number of halogens is 1. The predicted molar refractivity (Wildman–Crippen MR) is 359 cm³/mol. The molecule has 0 spiro atoms. The molecule has 0 radical (unpaired) electrons. The molecule has 30 heteroatoms. The number of phenolic OH excluding ortho intramolecular Hbond substituents is 2. The Morgan fingerprint density at radius 2 is 1.36 bits per heavy atom. The zero-order chi connectivity index (χ0) is 68.4. The molecule has 27 nitrogen and oxygen atoms in total. The van der Waals surface area contributed by atoms with Crippen molar-refractivity contribution in [1.82, 2.24) is 63.4 Å². The number of hydrogen-bond donors (Lipinski definition) is 16. The van der Waals surface area contributed by atoms with Crippen LogP contribution in [0.25, 0.3) is 0 Å². The third-order valence-electron chi connectivity index (χ3n) is 17.0. The summed E-state index contributed by atoms with van der Waals surface area (Å²) in [6, 6.07) is 5.68. The number of rotatable bonds is 20. The number of nitrogens with zero attached hydrogens (tertiary/aromatic N) is 1. The maximum Gasteiger partial charge on any atom is 0.303 e. The van der Waals surface area contributed by atoms with Gasteiger partial charge in [0.1, 0.15) is 17.5 Å². The Labute approximate surface area is 562 Å². The highest BCUT2D eigenvalue weighted by Crippen LogP contribution is 2.30. The molecule has 2 aromatic rings. The Hall–Kier alpha value is -5.99. The van der Waals surface area contributed by atoms with Gasteiger partial charge in [-0.3, -0.25) is 47.9 Å². The van der Waals surface area contributed by atoms with Crippen molar-refractivity contribution in [2.24, 2.45) is 29.4 Å². The van der Waals surface area contributed by atoms with E-state index in [1.807, 2.05) is 13.8 Å². The Kier molecular flexibility index (Phi) is 31.7. The van der Waals surface area contributed by atoms with Crippen LogP contribution in [0.5, 0.6) is 11.5 Å². The van der Waals surface area contributed by atoms with Crippen LogP contribution in [-0.4, -0.2) is 229 Å². The lowest BCUT2D eigenvalue weighted by molar-refractivity contribution is -0.142. The Balaban J connectivity index is 1.20. The van der Waals surface area contributed by atoms with Crippen molar-refractivity contribution >= 4 is 92.0 Å². The van der Waals surface area contributed by atoms with Crippen LogP contribution in [0.1, 0.15) is 96.1 Å². The molecule has 5 saturated heterocycles. The van der Waals surface area contributed by atoms with Crippen molar-refractivity contribution in [3.63, 3.8) is 0 Å². The average molecular weight is 1370 g/mol. The average Bonchev–Trinajstić information content (AvgIpc) is 1.62. The molecule has 2 aromatic carbocycles. The number of aliphatic hydroxyl groups excluding tert-OH is 1. The molecule has 8 atom stereocenters. The summed E-state index contributed by atoms with van der Waals surface area (Å²) in [6.07, 6.45) is -3.64. The molecule has 6 amide bonds. The largest absolute Gasteiger partial charge is 0.508 e. The number of fused-ring (bicyclic) bond motifs is 16. The highest BCUT2D eigenvalue weighted by Gasteiger charge is 2.43. The second kappa shape index (κ2) is 38.7. The van der Waals surface area contributed by atoms with E-state index in [4.69, 9.17) is 17.3 Å². The van der Waals surface area contributed by atoms with E-state index in [0.717, 1.165) is 15.7 Å². The van der Waals surface area contributed by atoms with Crippen molar-refractivity contribution in [2.45, 2.75) is 139 Å². The number of ketones is 3. The molecule has 5 heterocycles. The van der Waals surface area contributed by atoms with Gasteiger partial charge in [-0.1, -0.05) is 65.2 Å². The molecule has 2 bridgehead atoms. The number of carbonyl (C=O) groups is 10. The molecule has 7 rings (SSSR count). The van der Waals surface area contributed by atoms with E-state index in [0.29, 0.717) is 96.1 Å². The number of phenols is 2. The highest BCUT2D eigenvalue weighted by molar-refractivity contribution is 8.76. The number of aromatic hydroxyl groups is 2. The second-order valence-electron chi connectivity index (χ2n) is 26.0. The standard InChI is InChI=1S/C64H98ClN13O14S2/c1-39(2)21-44-25-47(80)29-73-59(89)45(22-42-9-13-53(82)49(65)23-42)27-55(84)52-28-48(81)30-78(52)62(92)51(32-94-93-31-40(3)74-61(44)91)76-60(90)43(10-14-58(87)88)26-54(83)50(24-41-7-11-46(79)12-8-41)75-56(85)5-4-6-57(86)77-64-36-70-18-15-67-33-63(66,34-68-16-19-71-37-64)35-69-17-20-72-38-64/h7-9,11-13,23,39-40,43-45,48,50-52,67-72,79,81-82H,4-6,10,14-22,24-38,66H2,1-3H3,(H,73,89)(H,74,91)(H,75,85)(H,76,90)(H,77,86)(H,87,88)/t40-,43+,44-,45-,48-,50+,51+,52+,63-,64+/m1/s1. The molecule has 0 aliphatic carbocycles. The summed E-state index contributed by atoms with van der Waals surface area (Å²) in [4.78, 5) is 142. The van der Waals surface area contributed by atoms with E-state index in [2.05, 4.69) is 58.5 Å². The van der Waals surface area contributed by atoms with Gasteiger partial charge in [-0.05, 0) is 80.3 Å². The molecule has 522 valence electrons. The zero-order valence-electron chi connectivity index (χ0n) is 54.1. The normalized spacial score (nSPS) is 26.3. The second-order valence-corrected chi connectivity index (χ2v) is 28.9. The fraction of sp³-hybridized carbons (Fsp3) is 0.656. The zero-order valence-corrected chi connectivity index (χ0v) is 56.5. The van der Waals surface area contributed by atoms with E-state index in [-0.39, 0.29) is 104 Å².